The first-order chi connectivity index (χ1) is 17.6. The van der Waals surface area contributed by atoms with Gasteiger partial charge >= 0.3 is 0 Å². The summed E-state index contributed by atoms with van der Waals surface area (Å²) in [6, 6.07) is 8.65. The van der Waals surface area contributed by atoms with E-state index in [0.29, 0.717) is 12.8 Å². The molecule has 0 saturated carbocycles. The molecule has 0 aliphatic carbocycles. The molecule has 0 fully saturated rings. The van der Waals surface area contributed by atoms with Crippen molar-refractivity contribution in [2.24, 2.45) is 16.5 Å². The Kier molecular flexibility index (Phi) is 15.6. The molecule has 0 unspecified atom stereocenters. The van der Waals surface area contributed by atoms with Crippen molar-refractivity contribution in [3.8, 4) is 0 Å². The van der Waals surface area contributed by atoms with Crippen LogP contribution in [-0.2, 0) is 9.59 Å². The third-order valence-corrected chi connectivity index (χ3v) is 7.09. The number of amides is 2. The van der Waals surface area contributed by atoms with E-state index in [1.807, 2.05) is 0 Å². The van der Waals surface area contributed by atoms with E-state index >= 15 is 0 Å². The van der Waals surface area contributed by atoms with Crippen LogP contribution in [0.4, 0.5) is 11.4 Å². The Bertz CT molecular complexity index is 793. The molecule has 1 aromatic carbocycles. The molecule has 1 aliphatic heterocycles. The van der Waals surface area contributed by atoms with Gasteiger partial charge in [0.05, 0.1) is 5.69 Å². The Morgan fingerprint density at radius 1 is 0.639 bits per heavy atom. The Hall–Kier alpha value is -2.37. The predicted octanol–water partition coefficient (Wildman–Crippen LogP) is 7.31. The summed E-state index contributed by atoms with van der Waals surface area (Å²) in [5.74, 6) is 0.887. The highest BCUT2D eigenvalue weighted by Crippen LogP contribution is 2.29. The van der Waals surface area contributed by atoms with Crippen LogP contribution in [0.15, 0.2) is 29.3 Å². The van der Waals surface area contributed by atoms with E-state index in [-0.39, 0.29) is 11.8 Å². The molecule has 36 heavy (non-hydrogen) atoms. The summed E-state index contributed by atoms with van der Waals surface area (Å²) >= 11 is 0. The lowest BCUT2D eigenvalue weighted by Gasteiger charge is -2.30. The van der Waals surface area contributed by atoms with Crippen molar-refractivity contribution >= 4 is 29.0 Å². The van der Waals surface area contributed by atoms with Crippen LogP contribution >= 0.6 is 0 Å². The Labute approximate surface area is 219 Å². The number of hydrogen-bond donors (Lipinski definition) is 2. The second-order valence-electron chi connectivity index (χ2n) is 10.4. The van der Waals surface area contributed by atoms with Gasteiger partial charge in [0.25, 0.3) is 0 Å². The van der Waals surface area contributed by atoms with Gasteiger partial charge in [0.2, 0.25) is 11.8 Å². The molecule has 0 atom stereocenters. The van der Waals surface area contributed by atoms with E-state index in [2.05, 4.69) is 29.2 Å². The number of carbonyl (C=O) groups is 2. The average Bonchev–Trinajstić information content (AvgIpc) is 2.84. The number of carbonyl (C=O) groups excluding carboxylic acids is 2. The Morgan fingerprint density at radius 3 is 1.64 bits per heavy atom. The number of nitrogens with two attached hydrogens (primary N) is 2. The van der Waals surface area contributed by atoms with Crippen molar-refractivity contribution in [2.75, 3.05) is 11.4 Å². The number of rotatable bonds is 23. The Morgan fingerprint density at radius 2 is 1.11 bits per heavy atom. The number of hydrogen-bond acceptors (Lipinski definition) is 4. The lowest BCUT2D eigenvalue weighted by molar-refractivity contribution is -0.119. The molecule has 2 bridgehead atoms. The molecule has 0 radical (unpaired) electrons. The van der Waals surface area contributed by atoms with Crippen molar-refractivity contribution in [2.45, 2.75) is 128 Å². The zero-order valence-electron chi connectivity index (χ0n) is 22.5. The molecule has 2 rings (SSSR count). The van der Waals surface area contributed by atoms with Gasteiger partial charge in [-0.25, -0.2) is 4.99 Å². The minimum absolute atomic E-state index is 0.176. The summed E-state index contributed by atoms with van der Waals surface area (Å²) in [5, 5.41) is 0. The molecular weight excluding hydrogens is 448 g/mol. The third-order valence-electron chi connectivity index (χ3n) is 7.09. The highest BCUT2D eigenvalue weighted by molar-refractivity contribution is 6.01. The van der Waals surface area contributed by atoms with Crippen LogP contribution in [0.2, 0.25) is 0 Å². The molecule has 6 heteroatoms. The standard InChI is InChI=1S/C30H50N4O2/c31-28(35)21-14-10-6-2-1-5-9-13-17-24-34-27-20-18-19-26(25-27)33-30(34)23-16-12-8-4-3-7-11-15-22-29(32)36/h18-20,25H,1-17,21-24H2,(H2,31,35)(H2,32,36). The SMILES string of the molecule is NC(=O)CCCCCCCCCCCN1C(CCCCCCCCCCC(N)=O)=Nc2cccc1c2. The number of primary amides is 2. The fraction of sp³-hybridized carbons (Fsp3) is 0.700. The summed E-state index contributed by atoms with van der Waals surface area (Å²) in [4.78, 5) is 28.9. The molecule has 0 aromatic heterocycles. The van der Waals surface area contributed by atoms with Crippen LogP contribution in [0.3, 0.4) is 0 Å². The molecule has 4 N–H and O–H groups in total. The van der Waals surface area contributed by atoms with E-state index in [0.717, 1.165) is 44.3 Å². The highest BCUT2D eigenvalue weighted by Gasteiger charge is 2.18. The number of amidine groups is 1. The smallest absolute Gasteiger partial charge is 0.217 e. The van der Waals surface area contributed by atoms with Gasteiger partial charge in [-0.15, -0.1) is 0 Å². The quantitative estimate of drug-likeness (QED) is 0.155. The maximum absolute atomic E-state index is 10.8. The summed E-state index contributed by atoms with van der Waals surface area (Å²) in [6.07, 6.45) is 22.5. The van der Waals surface area contributed by atoms with Crippen LogP contribution in [0.1, 0.15) is 128 Å². The largest absolute Gasteiger partial charge is 0.370 e. The molecule has 202 valence electrons. The van der Waals surface area contributed by atoms with Gasteiger partial charge in [-0.3, -0.25) is 9.59 Å². The minimum atomic E-state index is -0.178. The summed E-state index contributed by atoms with van der Waals surface area (Å²) in [6.45, 7) is 1.06. The van der Waals surface area contributed by atoms with Gasteiger partial charge in [-0.1, -0.05) is 89.5 Å². The van der Waals surface area contributed by atoms with Gasteiger partial charge < -0.3 is 16.4 Å². The van der Waals surface area contributed by atoms with E-state index in [1.54, 1.807) is 0 Å². The van der Waals surface area contributed by atoms with Crippen LogP contribution in [0, 0.1) is 0 Å². The first kappa shape index (κ1) is 29.9. The lowest BCUT2D eigenvalue weighted by atomic mass is 10.0. The highest BCUT2D eigenvalue weighted by atomic mass is 16.1. The fourth-order valence-corrected chi connectivity index (χ4v) is 4.99. The van der Waals surface area contributed by atoms with Crippen LogP contribution in [-0.4, -0.2) is 24.2 Å². The molecule has 6 nitrogen and oxygen atoms in total. The lowest BCUT2D eigenvalue weighted by Crippen LogP contribution is -2.33. The maximum atomic E-state index is 10.8. The second-order valence-corrected chi connectivity index (χ2v) is 10.4. The zero-order valence-corrected chi connectivity index (χ0v) is 22.5. The number of unbranched alkanes of at least 4 members (excludes halogenated alkanes) is 15. The predicted molar refractivity (Wildman–Crippen MR) is 152 cm³/mol. The molecule has 1 aliphatic rings. The van der Waals surface area contributed by atoms with Gasteiger partial charge in [0, 0.05) is 31.5 Å². The summed E-state index contributed by atoms with van der Waals surface area (Å²) in [5.41, 5.74) is 12.8. The van der Waals surface area contributed by atoms with Gasteiger partial charge in [-0.2, -0.15) is 0 Å². The Balaban J connectivity index is 1.56. The van der Waals surface area contributed by atoms with Crippen molar-refractivity contribution in [1.82, 2.24) is 0 Å². The number of anilines is 1. The minimum Gasteiger partial charge on any atom is -0.370 e. The van der Waals surface area contributed by atoms with Crippen LogP contribution in [0.25, 0.3) is 0 Å². The number of nitrogens with zero attached hydrogens (tertiary/aromatic N) is 2. The molecular formula is C30H50N4O2. The van der Waals surface area contributed by atoms with Gasteiger partial charge in [0.15, 0.2) is 0 Å². The van der Waals surface area contributed by atoms with Crippen molar-refractivity contribution in [3.05, 3.63) is 24.3 Å². The normalized spacial score (nSPS) is 12.6. The van der Waals surface area contributed by atoms with Crippen molar-refractivity contribution in [1.29, 1.82) is 0 Å². The summed E-state index contributed by atoms with van der Waals surface area (Å²) < 4.78 is 0. The average molecular weight is 499 g/mol. The fourth-order valence-electron chi connectivity index (χ4n) is 4.99. The monoisotopic (exact) mass is 498 g/mol. The van der Waals surface area contributed by atoms with Crippen molar-refractivity contribution in [3.63, 3.8) is 0 Å². The van der Waals surface area contributed by atoms with E-state index in [4.69, 9.17) is 16.5 Å². The van der Waals surface area contributed by atoms with Gasteiger partial charge in [0.1, 0.15) is 5.84 Å². The topological polar surface area (TPSA) is 102 Å². The molecule has 1 aromatic rings. The molecule has 2 amide bonds. The number of benzene rings is 1. The maximum Gasteiger partial charge on any atom is 0.217 e. The van der Waals surface area contributed by atoms with Crippen molar-refractivity contribution < 1.29 is 9.59 Å². The van der Waals surface area contributed by atoms with Crippen LogP contribution < -0.4 is 16.4 Å². The second kappa shape index (κ2) is 18.8. The summed E-state index contributed by atoms with van der Waals surface area (Å²) in [7, 11) is 0. The van der Waals surface area contributed by atoms with Gasteiger partial charge in [-0.05, 0) is 43.9 Å². The first-order valence-corrected chi connectivity index (χ1v) is 14.6. The number of aliphatic imine (C=N–C) groups is 1. The third kappa shape index (κ3) is 13.6. The number of fused-ring (bicyclic) bond motifs is 2. The van der Waals surface area contributed by atoms with E-state index < -0.39 is 0 Å². The van der Waals surface area contributed by atoms with E-state index in [1.165, 1.54) is 95.0 Å². The molecule has 0 spiro atoms. The van der Waals surface area contributed by atoms with E-state index in [9.17, 15) is 9.59 Å². The molecule has 1 heterocycles. The zero-order chi connectivity index (χ0) is 25.8. The van der Waals surface area contributed by atoms with Crippen LogP contribution in [0.5, 0.6) is 0 Å². The first-order valence-electron chi connectivity index (χ1n) is 14.6. The molecule has 0 saturated heterocycles.